The number of halogens is 2. The van der Waals surface area contributed by atoms with E-state index in [0.29, 0.717) is 0 Å². The maximum atomic E-state index is 5.45. The van der Waals surface area contributed by atoms with Crippen molar-refractivity contribution >= 4 is 45.2 Å². The fourth-order valence-corrected chi connectivity index (χ4v) is 1.39. The lowest BCUT2D eigenvalue weighted by atomic mass is 10.3. The lowest BCUT2D eigenvalue weighted by Crippen LogP contribution is -1.99. The van der Waals surface area contributed by atoms with E-state index in [1.54, 1.807) is 0 Å². The SMILES string of the molecule is ICCOc1ccc(OCCI)cc1. The van der Waals surface area contributed by atoms with Crippen LogP contribution in [0.3, 0.4) is 0 Å². The van der Waals surface area contributed by atoms with Crippen molar-refractivity contribution in [3.8, 4) is 11.5 Å². The van der Waals surface area contributed by atoms with Gasteiger partial charge in [-0.2, -0.15) is 0 Å². The Hall–Kier alpha value is 0.280. The molecule has 0 aromatic heterocycles. The van der Waals surface area contributed by atoms with E-state index in [0.717, 1.165) is 33.6 Å². The normalized spacial score (nSPS) is 9.86. The lowest BCUT2D eigenvalue weighted by molar-refractivity contribution is 0.336. The highest BCUT2D eigenvalue weighted by atomic mass is 127. The van der Waals surface area contributed by atoms with Gasteiger partial charge >= 0.3 is 0 Å². The zero-order valence-corrected chi connectivity index (χ0v) is 12.0. The van der Waals surface area contributed by atoms with E-state index in [4.69, 9.17) is 9.47 Å². The molecule has 78 valence electrons. The summed E-state index contributed by atoms with van der Waals surface area (Å²) in [5, 5.41) is 0. The van der Waals surface area contributed by atoms with Crippen molar-refractivity contribution in [2.24, 2.45) is 0 Å². The van der Waals surface area contributed by atoms with E-state index < -0.39 is 0 Å². The number of benzene rings is 1. The second-order valence-electron chi connectivity index (χ2n) is 2.55. The molecule has 0 spiro atoms. The minimum absolute atomic E-state index is 0.758. The van der Waals surface area contributed by atoms with Crippen LogP contribution in [0.15, 0.2) is 24.3 Å². The second-order valence-corrected chi connectivity index (χ2v) is 4.70. The molecule has 1 aromatic rings. The van der Waals surface area contributed by atoms with E-state index in [9.17, 15) is 0 Å². The van der Waals surface area contributed by atoms with Crippen LogP contribution in [0.25, 0.3) is 0 Å². The molecule has 0 saturated heterocycles. The van der Waals surface area contributed by atoms with Gasteiger partial charge in [0, 0.05) is 8.86 Å². The first kappa shape index (κ1) is 12.4. The summed E-state index contributed by atoms with van der Waals surface area (Å²) in [5.74, 6) is 1.81. The van der Waals surface area contributed by atoms with E-state index >= 15 is 0 Å². The third-order valence-corrected chi connectivity index (χ3v) is 2.40. The molecule has 0 saturated carbocycles. The van der Waals surface area contributed by atoms with Gasteiger partial charge in [-0.15, -0.1) is 0 Å². The molecular formula is C10H12I2O2. The molecule has 0 atom stereocenters. The molecule has 0 radical (unpaired) electrons. The van der Waals surface area contributed by atoms with Crippen molar-refractivity contribution < 1.29 is 9.47 Å². The average Bonchev–Trinajstić information content (AvgIpc) is 2.25. The minimum atomic E-state index is 0.758. The van der Waals surface area contributed by atoms with Gasteiger partial charge in [-0.05, 0) is 24.3 Å². The average molecular weight is 418 g/mol. The molecule has 0 aliphatic rings. The Balaban J connectivity index is 2.42. The molecule has 0 fully saturated rings. The summed E-state index contributed by atoms with van der Waals surface area (Å²) in [6.07, 6.45) is 0. The molecule has 2 nitrogen and oxygen atoms in total. The topological polar surface area (TPSA) is 18.5 Å². The Morgan fingerprint density at radius 2 is 1.14 bits per heavy atom. The largest absolute Gasteiger partial charge is 0.493 e. The van der Waals surface area contributed by atoms with Gasteiger partial charge in [0.15, 0.2) is 0 Å². The van der Waals surface area contributed by atoms with Crippen molar-refractivity contribution in [2.45, 2.75) is 0 Å². The van der Waals surface area contributed by atoms with E-state index in [-0.39, 0.29) is 0 Å². The summed E-state index contributed by atoms with van der Waals surface area (Å²) >= 11 is 4.58. The van der Waals surface area contributed by atoms with Crippen LogP contribution >= 0.6 is 45.2 Å². The maximum Gasteiger partial charge on any atom is 0.119 e. The number of ether oxygens (including phenoxy) is 2. The molecule has 4 heteroatoms. The Labute approximate surface area is 112 Å². The Morgan fingerprint density at radius 3 is 1.43 bits per heavy atom. The molecule has 0 N–H and O–H groups in total. The number of alkyl halides is 2. The van der Waals surface area contributed by atoms with Gasteiger partial charge in [-0.3, -0.25) is 0 Å². The van der Waals surface area contributed by atoms with Crippen molar-refractivity contribution in [1.29, 1.82) is 0 Å². The monoisotopic (exact) mass is 418 g/mol. The van der Waals surface area contributed by atoms with E-state index in [1.165, 1.54) is 0 Å². The highest BCUT2D eigenvalue weighted by molar-refractivity contribution is 14.1. The summed E-state index contributed by atoms with van der Waals surface area (Å²) in [6, 6.07) is 7.76. The van der Waals surface area contributed by atoms with Gasteiger partial charge in [0.1, 0.15) is 11.5 Å². The summed E-state index contributed by atoms with van der Waals surface area (Å²) in [5.41, 5.74) is 0. The van der Waals surface area contributed by atoms with Gasteiger partial charge in [0.05, 0.1) is 13.2 Å². The first-order chi connectivity index (χ1) is 6.86. The van der Waals surface area contributed by atoms with Gasteiger partial charge in [-0.1, -0.05) is 45.2 Å². The standard InChI is InChI=1S/C10H12I2O2/c11-5-7-13-9-1-2-10(4-3-9)14-8-6-12/h1-4H,5-8H2. The summed E-state index contributed by atoms with van der Waals surface area (Å²) in [6.45, 7) is 1.52. The van der Waals surface area contributed by atoms with Crippen LogP contribution < -0.4 is 9.47 Å². The van der Waals surface area contributed by atoms with Crippen LogP contribution in [-0.2, 0) is 0 Å². The molecule has 0 bridgehead atoms. The summed E-state index contributed by atoms with van der Waals surface area (Å²) in [4.78, 5) is 0. The summed E-state index contributed by atoms with van der Waals surface area (Å²) in [7, 11) is 0. The lowest BCUT2D eigenvalue weighted by Gasteiger charge is -2.06. The van der Waals surface area contributed by atoms with Crippen LogP contribution in [0, 0.1) is 0 Å². The number of rotatable bonds is 6. The third kappa shape index (κ3) is 4.68. The first-order valence-corrected chi connectivity index (χ1v) is 7.39. The number of hydrogen-bond acceptors (Lipinski definition) is 2. The number of hydrogen-bond donors (Lipinski definition) is 0. The highest BCUT2D eigenvalue weighted by Crippen LogP contribution is 2.17. The quantitative estimate of drug-likeness (QED) is 0.522. The van der Waals surface area contributed by atoms with Gasteiger partial charge in [-0.25, -0.2) is 0 Å². The fourth-order valence-electron chi connectivity index (χ4n) is 0.945. The van der Waals surface area contributed by atoms with Crippen molar-refractivity contribution in [3.05, 3.63) is 24.3 Å². The minimum Gasteiger partial charge on any atom is -0.493 e. The molecule has 1 rings (SSSR count). The molecule has 0 unspecified atom stereocenters. The fraction of sp³-hybridized carbons (Fsp3) is 0.400. The van der Waals surface area contributed by atoms with Crippen LogP contribution in [-0.4, -0.2) is 22.1 Å². The van der Waals surface area contributed by atoms with Crippen LogP contribution in [0.1, 0.15) is 0 Å². The smallest absolute Gasteiger partial charge is 0.119 e. The molecule has 1 aromatic carbocycles. The molecular weight excluding hydrogens is 406 g/mol. The maximum absolute atomic E-state index is 5.45. The van der Waals surface area contributed by atoms with Crippen molar-refractivity contribution in [3.63, 3.8) is 0 Å². The Morgan fingerprint density at radius 1 is 0.786 bits per heavy atom. The molecule has 0 amide bonds. The van der Waals surface area contributed by atoms with Crippen molar-refractivity contribution in [2.75, 3.05) is 22.1 Å². The zero-order valence-electron chi connectivity index (χ0n) is 7.71. The Bertz CT molecular complexity index is 222. The second kappa shape index (κ2) is 7.56. The Kier molecular flexibility index (Phi) is 6.67. The molecule has 14 heavy (non-hydrogen) atoms. The summed E-state index contributed by atoms with van der Waals surface area (Å²) < 4.78 is 12.9. The molecule has 0 aliphatic heterocycles. The van der Waals surface area contributed by atoms with Crippen molar-refractivity contribution in [1.82, 2.24) is 0 Å². The van der Waals surface area contributed by atoms with Gasteiger partial charge < -0.3 is 9.47 Å². The first-order valence-electron chi connectivity index (χ1n) is 4.34. The van der Waals surface area contributed by atoms with Gasteiger partial charge in [0.25, 0.3) is 0 Å². The predicted molar refractivity (Wildman–Crippen MR) is 75.2 cm³/mol. The highest BCUT2D eigenvalue weighted by Gasteiger charge is 1.95. The zero-order chi connectivity index (χ0) is 10.2. The van der Waals surface area contributed by atoms with E-state index in [2.05, 4.69) is 45.2 Å². The predicted octanol–water partition coefficient (Wildman–Crippen LogP) is 3.31. The van der Waals surface area contributed by atoms with E-state index in [1.807, 2.05) is 24.3 Å². The van der Waals surface area contributed by atoms with Gasteiger partial charge in [0.2, 0.25) is 0 Å². The van der Waals surface area contributed by atoms with Crippen LogP contribution in [0.2, 0.25) is 0 Å². The van der Waals surface area contributed by atoms with Crippen LogP contribution in [0.4, 0.5) is 0 Å². The third-order valence-electron chi connectivity index (χ3n) is 1.52. The molecule has 0 aliphatic carbocycles. The van der Waals surface area contributed by atoms with Crippen LogP contribution in [0.5, 0.6) is 11.5 Å². The molecule has 0 heterocycles.